The van der Waals surface area contributed by atoms with Crippen LogP contribution in [0.2, 0.25) is 10.0 Å². The van der Waals surface area contributed by atoms with E-state index in [0.29, 0.717) is 30.5 Å². The minimum atomic E-state index is -2.09. The molecule has 0 radical (unpaired) electrons. The molecule has 5 aliphatic heterocycles. The molecule has 0 saturated heterocycles. The number of benzene rings is 6. The van der Waals surface area contributed by atoms with E-state index in [1.54, 1.807) is 36.4 Å². The number of rotatable bonds is 9. The van der Waals surface area contributed by atoms with Crippen molar-refractivity contribution in [2.45, 2.75) is 80.5 Å². The minimum absolute atomic E-state index is 0.0515. The summed E-state index contributed by atoms with van der Waals surface area (Å²) in [7, 11) is 0.986. The third-order valence-corrected chi connectivity index (χ3v) is 14.8. The summed E-state index contributed by atoms with van der Waals surface area (Å²) >= 11 is 13.7. The van der Waals surface area contributed by atoms with Crippen LogP contribution in [0.1, 0.15) is 76.9 Å². The fraction of sp³-hybridized carbons (Fsp3) is 0.259. The quantitative estimate of drug-likeness (QED) is 0.0713. The number of aliphatic hydroxyl groups excluding tert-OH is 1. The van der Waals surface area contributed by atoms with Crippen molar-refractivity contribution in [3.63, 3.8) is 0 Å². The number of carbonyl (C=O) groups is 7. The fourth-order valence-corrected chi connectivity index (χ4v) is 10.4. The van der Waals surface area contributed by atoms with Crippen LogP contribution in [0.3, 0.4) is 0 Å². The van der Waals surface area contributed by atoms with Crippen molar-refractivity contribution in [2.75, 3.05) is 13.7 Å². The predicted octanol–water partition coefficient (Wildman–Crippen LogP) is 4.18. The summed E-state index contributed by atoms with van der Waals surface area (Å²) in [5.74, 6) is -11.1. The van der Waals surface area contributed by atoms with Crippen molar-refractivity contribution >= 4 is 64.6 Å². The molecule has 25 heteroatoms. The van der Waals surface area contributed by atoms with Gasteiger partial charge in [0.25, 0.3) is 0 Å². The van der Waals surface area contributed by atoms with Gasteiger partial charge in [-0.25, -0.2) is 4.79 Å². The summed E-state index contributed by atoms with van der Waals surface area (Å²) in [4.78, 5) is 103. The van der Waals surface area contributed by atoms with Gasteiger partial charge in [-0.2, -0.15) is 0 Å². The molecule has 15 N–H and O–H groups in total. The third-order valence-electron chi connectivity index (χ3n) is 14.2. The molecule has 0 saturated carbocycles. The monoisotopic (exact) mass is 1170 g/mol. The predicted molar refractivity (Wildman–Crippen MR) is 298 cm³/mol. The van der Waals surface area contributed by atoms with Crippen LogP contribution < -0.4 is 52.8 Å². The number of phenols is 4. The maximum atomic E-state index is 15.6. The number of aliphatic hydroxyl groups is 1. The number of hydrogen-bond acceptors (Lipinski definition) is 17. The number of phenolic OH excluding ortho intramolecular Hbond substituents is 4. The Balaban J connectivity index is 1.25. The van der Waals surface area contributed by atoms with E-state index < -0.39 is 124 Å². The summed E-state index contributed by atoms with van der Waals surface area (Å²) in [5.41, 5.74) is 11.4. The van der Waals surface area contributed by atoms with Gasteiger partial charge in [-0.15, -0.1) is 0 Å². The summed E-state index contributed by atoms with van der Waals surface area (Å²) in [6, 6.07) is 12.3. The first-order valence-corrected chi connectivity index (χ1v) is 26.7. The number of ether oxygens (including phenoxy) is 3. The van der Waals surface area contributed by atoms with Crippen LogP contribution in [0.4, 0.5) is 0 Å². The van der Waals surface area contributed by atoms with E-state index in [4.69, 9.17) is 48.9 Å². The van der Waals surface area contributed by atoms with Crippen LogP contribution >= 0.6 is 23.2 Å². The molecule has 0 unspecified atom stereocenters. The molecular formula is C58H56Cl2N8O15. The van der Waals surface area contributed by atoms with Crippen molar-refractivity contribution in [1.82, 2.24) is 31.9 Å². The lowest BCUT2D eigenvalue weighted by molar-refractivity contribution is -0.146. The van der Waals surface area contributed by atoms with Gasteiger partial charge in [-0.3, -0.25) is 28.8 Å². The van der Waals surface area contributed by atoms with E-state index in [1.807, 2.05) is 0 Å². The maximum absolute atomic E-state index is 15.6. The Morgan fingerprint density at radius 1 is 0.687 bits per heavy atom. The number of halogens is 2. The highest BCUT2D eigenvalue weighted by atomic mass is 35.5. The molecule has 5 heterocycles. The van der Waals surface area contributed by atoms with Crippen molar-refractivity contribution in [3.05, 3.63) is 153 Å². The minimum Gasteiger partial charge on any atom is -0.508 e. The first-order valence-electron chi connectivity index (χ1n) is 26.0. The molecule has 11 bridgehead atoms. The molecule has 23 nitrogen and oxygen atoms in total. The molecule has 11 rings (SSSR count). The zero-order chi connectivity index (χ0) is 59.4. The van der Waals surface area contributed by atoms with E-state index in [1.165, 1.54) is 42.5 Å². The SMILES string of the molecule is COC(=O)[C@@H]1NC(=O)[C@H]2NC(=O)[C@H](NC(=O)[C@@H]3NC(=O)[C@H](Cc4ccccc4)NC(=O)[C@H](NC(=O)[C@H](N)CCCCN)Cc4ccc(c(Cl)c4)Oc4cc3cc(c4O)Oc3ccc(cc3Cl)[C@H]2O)c2ccc(O)c(c2)-c2c(O)cc(O)cc21. The second-order valence-corrected chi connectivity index (χ2v) is 20.7. The molecule has 432 valence electrons. The van der Waals surface area contributed by atoms with Crippen LogP contribution in [-0.2, 0) is 51.1 Å². The molecule has 0 spiro atoms. The number of amides is 6. The van der Waals surface area contributed by atoms with E-state index >= 15 is 14.4 Å². The second kappa shape index (κ2) is 24.9. The van der Waals surface area contributed by atoms with Crippen LogP contribution in [0.5, 0.6) is 46.0 Å². The van der Waals surface area contributed by atoms with Gasteiger partial charge in [0.15, 0.2) is 17.5 Å². The van der Waals surface area contributed by atoms with E-state index in [9.17, 15) is 44.7 Å². The summed E-state index contributed by atoms with van der Waals surface area (Å²) < 4.78 is 17.5. The van der Waals surface area contributed by atoms with Crippen LogP contribution in [0.25, 0.3) is 11.1 Å². The molecular weight excluding hydrogens is 1120 g/mol. The zero-order valence-corrected chi connectivity index (χ0v) is 45.5. The van der Waals surface area contributed by atoms with Gasteiger partial charge in [-0.1, -0.05) is 78.2 Å². The average molecular weight is 1180 g/mol. The van der Waals surface area contributed by atoms with Gasteiger partial charge >= 0.3 is 5.97 Å². The Labute approximate surface area is 483 Å². The number of unbranched alkanes of at least 4 members (excludes halogenated alkanes) is 1. The van der Waals surface area contributed by atoms with Gasteiger partial charge in [0, 0.05) is 35.6 Å². The topological polar surface area (TPSA) is 373 Å². The lowest BCUT2D eigenvalue weighted by Gasteiger charge is -2.31. The largest absolute Gasteiger partial charge is 0.508 e. The smallest absolute Gasteiger partial charge is 0.333 e. The van der Waals surface area contributed by atoms with Gasteiger partial charge < -0.3 is 83.1 Å². The standard InChI is InChI=1S/C58H56Cl2N8O15/c1-81-58(80)48-33-24-31(69)25-40(71)45(33)32-20-28(11-13-39(32)70)46-55(77)68-49(57(79)67-48)50(72)29-12-15-42(35(60)21-29)83-44-23-30-22-43(51(44)73)82-41-14-10-27(17-34(41)59)19-38(63-52(74)36(62)9-5-6-16-61)53(75)64-37(18-26-7-3-2-4-8-26)54(76)65-47(30)56(78)66-46/h2-4,7-8,10-15,17,20-25,36-38,46-50,69-73H,5-6,9,16,18-19,61-62H2,1H3,(H,63,74)(H,64,75)(H,65,76)(H,66,78)(H,67,79)(H,68,77)/t36-,37+,38-,46-,47-,48-,49+,50-/m1/s1. The average Bonchev–Trinajstić information content (AvgIpc) is 2.93. The Hall–Kier alpha value is -9.13. The maximum Gasteiger partial charge on any atom is 0.333 e. The highest BCUT2D eigenvalue weighted by molar-refractivity contribution is 6.32. The van der Waals surface area contributed by atoms with E-state index in [-0.39, 0.29) is 74.2 Å². The molecule has 6 aromatic carbocycles. The highest BCUT2D eigenvalue weighted by Crippen LogP contribution is 2.47. The first kappa shape index (κ1) is 58.5. The molecule has 5 aliphatic rings. The molecule has 6 amide bonds. The van der Waals surface area contributed by atoms with Crippen LogP contribution in [0, 0.1) is 0 Å². The third kappa shape index (κ3) is 12.8. The summed E-state index contributed by atoms with van der Waals surface area (Å²) in [6.45, 7) is 0.368. The summed E-state index contributed by atoms with van der Waals surface area (Å²) in [6.07, 6.45) is -1.10. The molecule has 0 aromatic heterocycles. The van der Waals surface area contributed by atoms with Crippen molar-refractivity contribution in [1.29, 1.82) is 0 Å². The summed E-state index contributed by atoms with van der Waals surface area (Å²) in [5, 5.41) is 73.3. The van der Waals surface area contributed by atoms with Crippen molar-refractivity contribution in [3.8, 4) is 57.1 Å². The number of aromatic hydroxyl groups is 4. The molecule has 0 fully saturated rings. The van der Waals surface area contributed by atoms with Crippen molar-refractivity contribution in [2.24, 2.45) is 11.5 Å². The Bertz CT molecular complexity index is 3550. The molecule has 8 atom stereocenters. The molecule has 6 aromatic rings. The van der Waals surface area contributed by atoms with Gasteiger partial charge in [0.1, 0.15) is 65.1 Å². The number of esters is 1. The van der Waals surface area contributed by atoms with Crippen LogP contribution in [-0.4, -0.2) is 105 Å². The zero-order valence-electron chi connectivity index (χ0n) is 44.0. The number of methoxy groups -OCH3 is 1. The number of hydrogen-bond donors (Lipinski definition) is 13. The first-order chi connectivity index (χ1) is 39.7. The van der Waals surface area contributed by atoms with Crippen molar-refractivity contribution < 1.29 is 73.3 Å². The van der Waals surface area contributed by atoms with E-state index in [2.05, 4.69) is 31.9 Å². The number of nitrogens with one attached hydrogen (secondary N) is 6. The van der Waals surface area contributed by atoms with E-state index in [0.717, 1.165) is 37.4 Å². The molecule has 83 heavy (non-hydrogen) atoms. The Morgan fingerprint density at radius 2 is 1.34 bits per heavy atom. The van der Waals surface area contributed by atoms with Crippen LogP contribution in [0.15, 0.2) is 109 Å². The van der Waals surface area contributed by atoms with Gasteiger partial charge in [0.2, 0.25) is 41.2 Å². The normalized spacial score (nSPS) is 21.0. The fourth-order valence-electron chi connectivity index (χ4n) is 9.88. The molecule has 0 aliphatic carbocycles. The Morgan fingerprint density at radius 3 is 2.01 bits per heavy atom. The van der Waals surface area contributed by atoms with Gasteiger partial charge in [-0.05, 0) is 102 Å². The lowest BCUT2D eigenvalue weighted by Crippen LogP contribution is -2.58. The number of nitrogens with two attached hydrogens (primary N) is 2. The Kier molecular flexibility index (Phi) is 17.6. The lowest BCUT2D eigenvalue weighted by atomic mass is 9.89. The number of fused-ring (bicyclic) bond motifs is 15. The second-order valence-electron chi connectivity index (χ2n) is 19.9. The highest BCUT2D eigenvalue weighted by Gasteiger charge is 2.41. The number of carbonyl (C=O) groups excluding carboxylic acids is 7. The van der Waals surface area contributed by atoms with Gasteiger partial charge in [0.05, 0.1) is 23.2 Å².